The van der Waals surface area contributed by atoms with Gasteiger partial charge in [0.2, 0.25) is 0 Å². The first-order valence-corrected chi connectivity index (χ1v) is 7.16. The van der Waals surface area contributed by atoms with Gasteiger partial charge in [-0.05, 0) is 11.2 Å². The minimum atomic E-state index is -1.48. The Morgan fingerprint density at radius 1 is 1.58 bits per heavy atom. The van der Waals surface area contributed by atoms with Gasteiger partial charge in [0.05, 0.1) is 12.9 Å². The number of hydrogen-bond acceptors (Lipinski definition) is 6. The number of ether oxygens (including phenoxy) is 1. The summed E-state index contributed by atoms with van der Waals surface area (Å²) < 4.78 is 18.1. The summed E-state index contributed by atoms with van der Waals surface area (Å²) >= 11 is -1.48. The fraction of sp³-hybridized carbons (Fsp3) is 0.600. The Bertz CT molecular complexity index is 555. The number of hydrogen-bond donors (Lipinski definition) is 3. The van der Waals surface area contributed by atoms with Crippen LogP contribution < -0.4 is 11.2 Å². The molecule has 1 aromatic heterocycles. The number of aromatic nitrogens is 2. The lowest BCUT2D eigenvalue weighted by Gasteiger charge is -2.22. The van der Waals surface area contributed by atoms with Crippen LogP contribution in [0.2, 0.25) is 0 Å². The van der Waals surface area contributed by atoms with Crippen molar-refractivity contribution >= 4 is 11.2 Å². The van der Waals surface area contributed by atoms with Crippen molar-refractivity contribution in [3.8, 4) is 0 Å². The van der Waals surface area contributed by atoms with Crippen LogP contribution in [0, 0.1) is 0 Å². The Hall–Kier alpha value is -1.13. The van der Waals surface area contributed by atoms with Gasteiger partial charge in [-0.15, -0.1) is 0 Å². The molecule has 9 heteroatoms. The smallest absolute Gasteiger partial charge is 0.330 e. The Labute approximate surface area is 110 Å². The first-order valence-electron chi connectivity index (χ1n) is 5.53. The van der Waals surface area contributed by atoms with Crippen molar-refractivity contribution in [2.45, 2.75) is 23.7 Å². The summed E-state index contributed by atoms with van der Waals surface area (Å²) in [4.78, 5) is 24.7. The van der Waals surface area contributed by atoms with E-state index in [9.17, 15) is 19.2 Å². The zero-order valence-electron chi connectivity index (χ0n) is 10.1. The van der Waals surface area contributed by atoms with E-state index in [0.29, 0.717) is 0 Å². The van der Waals surface area contributed by atoms with Crippen molar-refractivity contribution in [3.63, 3.8) is 0 Å². The van der Waals surface area contributed by atoms with Crippen LogP contribution in [0.25, 0.3) is 0 Å². The molecule has 1 aromatic rings. The lowest BCUT2D eigenvalue weighted by atomic mass is 10.2. The molecule has 0 aromatic carbocycles. The van der Waals surface area contributed by atoms with Crippen molar-refractivity contribution in [2.24, 2.45) is 0 Å². The molecule has 8 nitrogen and oxygen atoms in total. The van der Waals surface area contributed by atoms with Gasteiger partial charge in [0.1, 0.15) is 12.2 Å². The van der Waals surface area contributed by atoms with Crippen molar-refractivity contribution in [1.82, 2.24) is 9.55 Å². The van der Waals surface area contributed by atoms with Crippen molar-refractivity contribution < 1.29 is 19.5 Å². The Balaban J connectivity index is 2.42. The van der Waals surface area contributed by atoms with Crippen molar-refractivity contribution in [1.29, 1.82) is 0 Å². The molecule has 5 atom stereocenters. The second kappa shape index (κ2) is 5.47. The summed E-state index contributed by atoms with van der Waals surface area (Å²) in [6.07, 6.45) is -0.487. The van der Waals surface area contributed by atoms with Gasteiger partial charge >= 0.3 is 5.69 Å². The van der Waals surface area contributed by atoms with E-state index in [0.717, 1.165) is 10.6 Å². The van der Waals surface area contributed by atoms with E-state index in [1.54, 1.807) is 0 Å². The minimum Gasteiger partial charge on any atom is -0.616 e. The van der Waals surface area contributed by atoms with Gasteiger partial charge in [0, 0.05) is 12.3 Å². The van der Waals surface area contributed by atoms with E-state index >= 15 is 0 Å². The molecular formula is C10H14N2O6S. The van der Waals surface area contributed by atoms with Crippen molar-refractivity contribution in [3.05, 3.63) is 33.1 Å². The summed E-state index contributed by atoms with van der Waals surface area (Å²) in [5, 5.41) is 18.2. The third kappa shape index (κ3) is 2.60. The van der Waals surface area contributed by atoms with Crippen molar-refractivity contribution in [2.75, 3.05) is 12.9 Å². The molecule has 2 rings (SSSR count). The molecular weight excluding hydrogens is 276 g/mol. The summed E-state index contributed by atoms with van der Waals surface area (Å²) in [7, 11) is 0. The average Bonchev–Trinajstić information content (AvgIpc) is 2.66. The van der Waals surface area contributed by atoms with Crippen LogP contribution in [0.4, 0.5) is 0 Å². The number of aromatic amines is 1. The Morgan fingerprint density at radius 3 is 2.79 bits per heavy atom. The van der Waals surface area contributed by atoms with Crippen LogP contribution in [0.15, 0.2) is 21.9 Å². The first kappa shape index (κ1) is 14.3. The molecule has 2 unspecified atom stereocenters. The SMILES string of the molecule is C[S+]([O-])C1[C@H](n2ccc(=O)[nH]c2=O)O[C@H](CO)[C@H]1O. The first-order chi connectivity index (χ1) is 8.95. The quantitative estimate of drug-likeness (QED) is 0.529. The van der Waals surface area contributed by atoms with E-state index in [1.165, 1.54) is 12.5 Å². The molecule has 106 valence electrons. The summed E-state index contributed by atoms with van der Waals surface area (Å²) in [5.41, 5.74) is -1.29. The number of nitrogens with one attached hydrogen (secondary N) is 1. The molecule has 1 saturated heterocycles. The molecule has 0 aliphatic carbocycles. The molecule has 0 radical (unpaired) electrons. The largest absolute Gasteiger partial charge is 0.616 e. The predicted molar refractivity (Wildman–Crippen MR) is 66.2 cm³/mol. The maximum absolute atomic E-state index is 11.7. The van der Waals surface area contributed by atoms with Gasteiger partial charge in [-0.3, -0.25) is 14.3 Å². The van der Waals surface area contributed by atoms with Crippen LogP contribution in [-0.4, -0.2) is 54.6 Å². The van der Waals surface area contributed by atoms with Gasteiger partial charge in [-0.25, -0.2) is 4.79 Å². The normalized spacial score (nSPS) is 32.4. The Kier molecular flexibility index (Phi) is 4.11. The maximum Gasteiger partial charge on any atom is 0.330 e. The van der Waals surface area contributed by atoms with Crippen LogP contribution in [0.1, 0.15) is 6.23 Å². The summed E-state index contributed by atoms with van der Waals surface area (Å²) in [6.45, 7) is -0.455. The molecule has 19 heavy (non-hydrogen) atoms. The fourth-order valence-corrected chi connectivity index (χ4v) is 3.17. The number of nitrogens with zero attached hydrogens (tertiary/aromatic N) is 1. The predicted octanol–water partition coefficient (Wildman–Crippen LogP) is -2.47. The summed E-state index contributed by atoms with van der Waals surface area (Å²) in [6, 6.07) is 1.12. The van der Waals surface area contributed by atoms with Crippen LogP contribution in [0.5, 0.6) is 0 Å². The van der Waals surface area contributed by atoms with Crippen LogP contribution >= 0.6 is 0 Å². The number of H-pyrrole nitrogens is 1. The zero-order chi connectivity index (χ0) is 14.2. The molecule has 2 heterocycles. The van der Waals surface area contributed by atoms with Gasteiger partial charge in [-0.2, -0.15) is 0 Å². The molecule has 1 aliphatic rings. The highest BCUT2D eigenvalue weighted by Crippen LogP contribution is 2.32. The number of aliphatic hydroxyl groups excluding tert-OH is 2. The lowest BCUT2D eigenvalue weighted by Crippen LogP contribution is -2.41. The van der Waals surface area contributed by atoms with E-state index in [1.807, 2.05) is 0 Å². The molecule has 0 amide bonds. The zero-order valence-corrected chi connectivity index (χ0v) is 10.9. The third-order valence-corrected chi connectivity index (χ3v) is 4.28. The standard InChI is InChI=1S/C10H14N2O6S/c1-19(17)8-7(15)5(4-13)18-9(8)12-3-2-6(14)11-10(12)16/h2-3,5,7-9,13,15H,4H2,1H3,(H,11,14,16)/t5-,7-,8?,9-,19?/m1/s1. The second-order valence-electron chi connectivity index (χ2n) is 4.22. The third-order valence-electron chi connectivity index (χ3n) is 3.00. The fourth-order valence-electron chi connectivity index (χ4n) is 2.08. The highest BCUT2D eigenvalue weighted by Gasteiger charge is 2.50. The van der Waals surface area contributed by atoms with E-state index < -0.39 is 52.7 Å². The van der Waals surface area contributed by atoms with E-state index in [-0.39, 0.29) is 0 Å². The number of rotatable bonds is 3. The molecule has 0 spiro atoms. The molecule has 1 aliphatic heterocycles. The summed E-state index contributed by atoms with van der Waals surface area (Å²) in [5.74, 6) is 0. The van der Waals surface area contributed by atoms with Gasteiger partial charge in [0.15, 0.2) is 11.5 Å². The van der Waals surface area contributed by atoms with E-state index in [4.69, 9.17) is 9.84 Å². The Morgan fingerprint density at radius 2 is 2.26 bits per heavy atom. The minimum absolute atomic E-state index is 0.455. The van der Waals surface area contributed by atoms with Gasteiger partial charge < -0.3 is 19.5 Å². The highest BCUT2D eigenvalue weighted by molar-refractivity contribution is 7.91. The monoisotopic (exact) mass is 290 g/mol. The van der Waals surface area contributed by atoms with Gasteiger partial charge in [0.25, 0.3) is 5.56 Å². The molecule has 0 bridgehead atoms. The second-order valence-corrected chi connectivity index (χ2v) is 5.76. The number of aliphatic hydroxyl groups is 2. The van der Waals surface area contributed by atoms with Crippen LogP contribution in [0.3, 0.4) is 0 Å². The average molecular weight is 290 g/mol. The molecule has 1 fully saturated rings. The maximum atomic E-state index is 11.7. The highest BCUT2D eigenvalue weighted by atomic mass is 32.2. The van der Waals surface area contributed by atoms with Crippen LogP contribution in [-0.2, 0) is 15.9 Å². The molecule has 3 N–H and O–H groups in total. The van der Waals surface area contributed by atoms with Gasteiger partial charge in [-0.1, -0.05) is 0 Å². The molecule has 0 saturated carbocycles. The lowest BCUT2D eigenvalue weighted by molar-refractivity contribution is -0.0457. The van der Waals surface area contributed by atoms with E-state index in [2.05, 4.69) is 4.98 Å². The topological polar surface area (TPSA) is 128 Å².